The molecule has 0 aliphatic carbocycles. The molecule has 0 fully saturated rings. The summed E-state index contributed by atoms with van der Waals surface area (Å²) in [6.45, 7) is 1.96. The SMILES string of the molecule is COc1cc(/C=C/C(=O)N(C)C(C)c2cccc(Cl)c2)cc(OC)c1OC. The molecule has 0 saturated heterocycles. The van der Waals surface area contributed by atoms with Gasteiger partial charge in [-0.3, -0.25) is 4.79 Å². The summed E-state index contributed by atoms with van der Waals surface area (Å²) in [5.74, 6) is 1.44. The summed E-state index contributed by atoms with van der Waals surface area (Å²) in [5, 5.41) is 0.646. The van der Waals surface area contributed by atoms with E-state index in [1.54, 1.807) is 51.5 Å². The maximum absolute atomic E-state index is 12.6. The van der Waals surface area contributed by atoms with Gasteiger partial charge in [0.05, 0.1) is 27.4 Å². The zero-order valence-corrected chi connectivity index (χ0v) is 16.9. The number of hydrogen-bond donors (Lipinski definition) is 0. The number of amides is 1. The summed E-state index contributed by atoms with van der Waals surface area (Å²) in [7, 11) is 6.41. The molecule has 2 aromatic carbocycles. The van der Waals surface area contributed by atoms with E-state index in [2.05, 4.69) is 0 Å². The van der Waals surface area contributed by atoms with Crippen LogP contribution in [-0.2, 0) is 4.79 Å². The molecule has 2 aromatic rings. The van der Waals surface area contributed by atoms with Crippen molar-refractivity contribution in [1.82, 2.24) is 4.90 Å². The lowest BCUT2D eigenvalue weighted by Gasteiger charge is -2.24. The van der Waals surface area contributed by atoms with Crippen molar-refractivity contribution in [2.24, 2.45) is 0 Å². The average molecular weight is 390 g/mol. The van der Waals surface area contributed by atoms with Gasteiger partial charge in [0.25, 0.3) is 0 Å². The van der Waals surface area contributed by atoms with Gasteiger partial charge in [-0.15, -0.1) is 0 Å². The van der Waals surface area contributed by atoms with Crippen molar-refractivity contribution in [3.8, 4) is 17.2 Å². The lowest BCUT2D eigenvalue weighted by atomic mass is 10.1. The molecule has 1 amide bonds. The molecule has 1 unspecified atom stereocenters. The third-order valence-corrected chi connectivity index (χ3v) is 4.60. The predicted octanol–water partition coefficient (Wildman–Crippen LogP) is 4.60. The number of rotatable bonds is 7. The number of carbonyl (C=O) groups is 1. The van der Waals surface area contributed by atoms with Gasteiger partial charge >= 0.3 is 0 Å². The first kappa shape index (κ1) is 20.6. The molecule has 0 aromatic heterocycles. The van der Waals surface area contributed by atoms with Gasteiger partial charge in [0.1, 0.15) is 0 Å². The van der Waals surface area contributed by atoms with E-state index in [0.29, 0.717) is 22.3 Å². The summed E-state index contributed by atoms with van der Waals surface area (Å²) in [6, 6.07) is 10.9. The molecule has 27 heavy (non-hydrogen) atoms. The molecule has 144 valence electrons. The Kier molecular flexibility index (Phi) is 7.13. The molecule has 0 heterocycles. The minimum absolute atomic E-state index is 0.110. The Bertz CT molecular complexity index is 810. The van der Waals surface area contributed by atoms with Crippen LogP contribution in [0.1, 0.15) is 24.1 Å². The highest BCUT2D eigenvalue weighted by atomic mass is 35.5. The van der Waals surface area contributed by atoms with Crippen LogP contribution in [0.4, 0.5) is 0 Å². The van der Waals surface area contributed by atoms with Crippen LogP contribution in [0, 0.1) is 0 Å². The van der Waals surface area contributed by atoms with Crippen molar-refractivity contribution in [2.75, 3.05) is 28.4 Å². The van der Waals surface area contributed by atoms with Crippen LogP contribution in [0.15, 0.2) is 42.5 Å². The third-order valence-electron chi connectivity index (χ3n) is 4.37. The van der Waals surface area contributed by atoms with E-state index in [4.69, 9.17) is 25.8 Å². The van der Waals surface area contributed by atoms with Gasteiger partial charge in [0, 0.05) is 18.1 Å². The van der Waals surface area contributed by atoms with E-state index >= 15 is 0 Å². The second kappa shape index (κ2) is 9.33. The van der Waals surface area contributed by atoms with Gasteiger partial charge in [-0.25, -0.2) is 0 Å². The van der Waals surface area contributed by atoms with Crippen molar-refractivity contribution in [3.63, 3.8) is 0 Å². The second-order valence-corrected chi connectivity index (χ2v) is 6.41. The molecule has 0 radical (unpaired) electrons. The fraction of sp³-hybridized carbons (Fsp3) is 0.286. The van der Waals surface area contributed by atoms with Gasteiger partial charge < -0.3 is 19.1 Å². The van der Waals surface area contributed by atoms with Crippen molar-refractivity contribution < 1.29 is 19.0 Å². The van der Waals surface area contributed by atoms with Crippen LogP contribution in [0.2, 0.25) is 5.02 Å². The normalized spacial score (nSPS) is 11.9. The second-order valence-electron chi connectivity index (χ2n) is 5.97. The van der Waals surface area contributed by atoms with Crippen LogP contribution < -0.4 is 14.2 Å². The molecule has 5 nitrogen and oxygen atoms in total. The van der Waals surface area contributed by atoms with Crippen molar-refractivity contribution in [2.45, 2.75) is 13.0 Å². The zero-order valence-electron chi connectivity index (χ0n) is 16.2. The molecule has 2 rings (SSSR count). The van der Waals surface area contributed by atoms with E-state index in [1.807, 2.05) is 31.2 Å². The molecule has 1 atom stereocenters. The molecule has 0 aliphatic rings. The van der Waals surface area contributed by atoms with Gasteiger partial charge in [-0.05, 0) is 48.4 Å². The molecule has 0 N–H and O–H groups in total. The Morgan fingerprint density at radius 3 is 2.22 bits per heavy atom. The average Bonchev–Trinajstić information content (AvgIpc) is 2.69. The Hall–Kier alpha value is -2.66. The summed E-state index contributed by atoms with van der Waals surface area (Å²) < 4.78 is 16.0. The number of likely N-dealkylation sites (N-methyl/N-ethyl adjacent to an activating group) is 1. The minimum atomic E-state index is -0.128. The quantitative estimate of drug-likeness (QED) is 0.649. The third kappa shape index (κ3) is 4.95. The van der Waals surface area contributed by atoms with E-state index in [0.717, 1.165) is 11.1 Å². The fourth-order valence-corrected chi connectivity index (χ4v) is 2.86. The lowest BCUT2D eigenvalue weighted by molar-refractivity contribution is -0.126. The number of ether oxygens (including phenoxy) is 3. The molecule has 0 saturated carbocycles. The molecule has 6 heteroatoms. The van der Waals surface area contributed by atoms with Gasteiger partial charge in [0.2, 0.25) is 11.7 Å². The molecule has 0 aliphatic heterocycles. The standard InChI is InChI=1S/C21H24ClNO4/c1-14(16-7-6-8-17(22)13-16)23(2)20(24)10-9-15-11-18(25-3)21(27-5)19(12-15)26-4/h6-14H,1-5H3/b10-9+. The maximum atomic E-state index is 12.6. The van der Waals surface area contributed by atoms with Crippen LogP contribution in [-0.4, -0.2) is 39.2 Å². The molecular formula is C21H24ClNO4. The number of methoxy groups -OCH3 is 3. The Morgan fingerprint density at radius 1 is 1.07 bits per heavy atom. The Morgan fingerprint density at radius 2 is 1.70 bits per heavy atom. The summed E-state index contributed by atoms with van der Waals surface area (Å²) >= 11 is 6.04. The first-order valence-electron chi connectivity index (χ1n) is 8.41. The van der Waals surface area contributed by atoms with Crippen LogP contribution >= 0.6 is 11.6 Å². The molecule has 0 spiro atoms. The van der Waals surface area contributed by atoms with Crippen LogP contribution in [0.5, 0.6) is 17.2 Å². The Labute approximate surface area is 165 Å². The highest BCUT2D eigenvalue weighted by Crippen LogP contribution is 2.38. The van der Waals surface area contributed by atoms with Gasteiger partial charge in [-0.2, -0.15) is 0 Å². The smallest absolute Gasteiger partial charge is 0.246 e. The number of nitrogens with zero attached hydrogens (tertiary/aromatic N) is 1. The summed E-state index contributed by atoms with van der Waals surface area (Å²) in [5.41, 5.74) is 1.74. The lowest BCUT2D eigenvalue weighted by Crippen LogP contribution is -2.27. The van der Waals surface area contributed by atoms with Gasteiger partial charge in [-0.1, -0.05) is 23.7 Å². The largest absolute Gasteiger partial charge is 0.493 e. The zero-order chi connectivity index (χ0) is 20.0. The van der Waals surface area contributed by atoms with E-state index in [1.165, 1.54) is 6.08 Å². The Balaban J connectivity index is 2.20. The van der Waals surface area contributed by atoms with Crippen molar-refractivity contribution in [1.29, 1.82) is 0 Å². The summed E-state index contributed by atoms with van der Waals surface area (Å²) in [6.07, 6.45) is 3.23. The topological polar surface area (TPSA) is 48.0 Å². The minimum Gasteiger partial charge on any atom is -0.493 e. The van der Waals surface area contributed by atoms with Crippen LogP contribution in [0.25, 0.3) is 6.08 Å². The molecular weight excluding hydrogens is 366 g/mol. The van der Waals surface area contributed by atoms with Crippen LogP contribution in [0.3, 0.4) is 0 Å². The van der Waals surface area contributed by atoms with E-state index < -0.39 is 0 Å². The monoisotopic (exact) mass is 389 g/mol. The summed E-state index contributed by atoms with van der Waals surface area (Å²) in [4.78, 5) is 14.2. The van der Waals surface area contributed by atoms with Gasteiger partial charge in [0.15, 0.2) is 11.5 Å². The number of benzene rings is 2. The first-order valence-corrected chi connectivity index (χ1v) is 8.79. The number of carbonyl (C=O) groups excluding carboxylic acids is 1. The maximum Gasteiger partial charge on any atom is 0.246 e. The van der Waals surface area contributed by atoms with E-state index in [9.17, 15) is 4.79 Å². The highest BCUT2D eigenvalue weighted by molar-refractivity contribution is 6.30. The number of halogens is 1. The first-order chi connectivity index (χ1) is 12.9. The van der Waals surface area contributed by atoms with E-state index in [-0.39, 0.29) is 11.9 Å². The van der Waals surface area contributed by atoms with Crippen molar-refractivity contribution in [3.05, 3.63) is 58.6 Å². The number of hydrogen-bond acceptors (Lipinski definition) is 4. The fourth-order valence-electron chi connectivity index (χ4n) is 2.66. The predicted molar refractivity (Wildman–Crippen MR) is 108 cm³/mol. The highest BCUT2D eigenvalue weighted by Gasteiger charge is 2.16. The molecule has 0 bridgehead atoms. The van der Waals surface area contributed by atoms with Crippen molar-refractivity contribution >= 4 is 23.6 Å².